The molecule has 0 amide bonds. The van der Waals surface area contributed by atoms with Crippen molar-refractivity contribution in [1.82, 2.24) is 9.97 Å². The summed E-state index contributed by atoms with van der Waals surface area (Å²) in [5.74, 6) is 0. The number of halogens is 1. The van der Waals surface area contributed by atoms with Crippen molar-refractivity contribution in [3.8, 4) is 0 Å². The van der Waals surface area contributed by atoms with Crippen molar-refractivity contribution in [2.45, 2.75) is 12.5 Å². The highest BCUT2D eigenvalue weighted by Crippen LogP contribution is 2.24. The summed E-state index contributed by atoms with van der Waals surface area (Å²) in [6, 6.07) is 15.6. The van der Waals surface area contributed by atoms with E-state index in [-0.39, 0.29) is 0 Å². The molecule has 0 aliphatic rings. The largest absolute Gasteiger partial charge is 0.386 e. The van der Waals surface area contributed by atoms with Crippen LogP contribution in [-0.4, -0.2) is 15.1 Å². The molecule has 0 radical (unpaired) electrons. The van der Waals surface area contributed by atoms with Crippen molar-refractivity contribution in [2.24, 2.45) is 0 Å². The van der Waals surface area contributed by atoms with E-state index in [0.717, 1.165) is 21.1 Å². The number of rotatable bonds is 3. The van der Waals surface area contributed by atoms with Crippen LogP contribution in [0.15, 0.2) is 59.2 Å². The van der Waals surface area contributed by atoms with Gasteiger partial charge in [-0.2, -0.15) is 0 Å². The Morgan fingerprint density at radius 1 is 1.05 bits per heavy atom. The Hall–Kier alpha value is -1.78. The number of hydrogen-bond donors (Lipinski definition) is 1. The highest BCUT2D eigenvalue weighted by molar-refractivity contribution is 9.10. The molecule has 2 heterocycles. The van der Waals surface area contributed by atoms with Gasteiger partial charge in [0.2, 0.25) is 0 Å². The monoisotopic (exact) mass is 328 g/mol. The Labute approximate surface area is 125 Å². The molecule has 1 N–H and O–H groups in total. The molecule has 3 aromatic rings. The van der Waals surface area contributed by atoms with Gasteiger partial charge in [-0.25, -0.2) is 0 Å². The molecule has 1 atom stereocenters. The third kappa shape index (κ3) is 2.71. The predicted octanol–water partition coefficient (Wildman–Crippen LogP) is 3.67. The quantitative estimate of drug-likeness (QED) is 0.797. The van der Waals surface area contributed by atoms with Gasteiger partial charge in [-0.05, 0) is 40.2 Å². The van der Waals surface area contributed by atoms with Gasteiger partial charge in [0, 0.05) is 28.2 Å². The molecular formula is C16H13BrN2O. The fourth-order valence-electron chi connectivity index (χ4n) is 2.16. The summed E-state index contributed by atoms with van der Waals surface area (Å²) in [5, 5.41) is 11.4. The Balaban J connectivity index is 1.87. The SMILES string of the molecule is OC(Cc1ccc2ccccc2n1)c1ncccc1Br. The van der Waals surface area contributed by atoms with Crippen LogP contribution in [0.4, 0.5) is 0 Å². The van der Waals surface area contributed by atoms with Crippen molar-refractivity contribution >= 4 is 26.8 Å². The molecule has 2 aromatic heterocycles. The van der Waals surface area contributed by atoms with Crippen molar-refractivity contribution < 1.29 is 5.11 Å². The van der Waals surface area contributed by atoms with Crippen LogP contribution in [0.25, 0.3) is 10.9 Å². The van der Waals surface area contributed by atoms with Crippen molar-refractivity contribution in [2.75, 3.05) is 0 Å². The van der Waals surface area contributed by atoms with Crippen LogP contribution in [0.1, 0.15) is 17.5 Å². The second-order valence-electron chi connectivity index (χ2n) is 4.59. The average molecular weight is 329 g/mol. The Bertz CT molecular complexity index is 745. The molecule has 1 unspecified atom stereocenters. The minimum atomic E-state index is -0.667. The molecule has 1 aromatic carbocycles. The molecule has 0 aliphatic heterocycles. The molecule has 3 rings (SSSR count). The first-order valence-corrected chi connectivity index (χ1v) is 7.16. The lowest BCUT2D eigenvalue weighted by Crippen LogP contribution is -2.06. The minimum absolute atomic E-state index is 0.445. The topological polar surface area (TPSA) is 46.0 Å². The van der Waals surface area contributed by atoms with E-state index in [4.69, 9.17) is 0 Å². The van der Waals surface area contributed by atoms with Gasteiger partial charge in [-0.3, -0.25) is 9.97 Å². The fourth-order valence-corrected chi connectivity index (χ4v) is 2.68. The summed E-state index contributed by atoms with van der Waals surface area (Å²) in [6.45, 7) is 0. The second-order valence-corrected chi connectivity index (χ2v) is 5.44. The number of aromatic nitrogens is 2. The van der Waals surface area contributed by atoms with E-state index < -0.39 is 6.10 Å². The maximum Gasteiger partial charge on any atom is 0.103 e. The van der Waals surface area contributed by atoms with Crippen molar-refractivity contribution in [1.29, 1.82) is 0 Å². The number of hydrogen-bond acceptors (Lipinski definition) is 3. The second kappa shape index (κ2) is 5.69. The molecule has 3 nitrogen and oxygen atoms in total. The third-order valence-corrected chi connectivity index (χ3v) is 3.83. The first-order chi connectivity index (χ1) is 9.74. The molecular weight excluding hydrogens is 316 g/mol. The minimum Gasteiger partial charge on any atom is -0.386 e. The number of benzene rings is 1. The standard InChI is InChI=1S/C16H13BrN2O/c17-13-5-3-9-18-16(13)15(20)10-12-8-7-11-4-1-2-6-14(11)19-12/h1-9,15,20H,10H2. The van der Waals surface area contributed by atoms with E-state index in [0.29, 0.717) is 12.1 Å². The zero-order valence-corrected chi connectivity index (χ0v) is 12.3. The van der Waals surface area contributed by atoms with Gasteiger partial charge < -0.3 is 5.11 Å². The number of aliphatic hydroxyl groups is 1. The van der Waals surface area contributed by atoms with Gasteiger partial charge in [-0.15, -0.1) is 0 Å². The number of fused-ring (bicyclic) bond motifs is 1. The molecule has 100 valence electrons. The Morgan fingerprint density at radius 3 is 2.75 bits per heavy atom. The van der Waals surface area contributed by atoms with E-state index in [1.54, 1.807) is 6.20 Å². The molecule has 0 bridgehead atoms. The van der Waals surface area contributed by atoms with Crippen LogP contribution in [0.2, 0.25) is 0 Å². The summed E-state index contributed by atoms with van der Waals surface area (Å²) >= 11 is 3.41. The summed E-state index contributed by atoms with van der Waals surface area (Å²) in [4.78, 5) is 8.78. The Kier molecular flexibility index (Phi) is 3.76. The van der Waals surface area contributed by atoms with Crippen LogP contribution in [0.3, 0.4) is 0 Å². The lowest BCUT2D eigenvalue weighted by atomic mass is 10.1. The smallest absolute Gasteiger partial charge is 0.103 e. The molecule has 0 saturated carbocycles. The first-order valence-electron chi connectivity index (χ1n) is 6.37. The van der Waals surface area contributed by atoms with Gasteiger partial charge in [-0.1, -0.05) is 24.3 Å². The number of aliphatic hydroxyl groups excluding tert-OH is 1. The van der Waals surface area contributed by atoms with Crippen LogP contribution in [-0.2, 0) is 6.42 Å². The van der Waals surface area contributed by atoms with Gasteiger partial charge in [0.25, 0.3) is 0 Å². The van der Waals surface area contributed by atoms with Crippen molar-refractivity contribution in [3.63, 3.8) is 0 Å². The Morgan fingerprint density at radius 2 is 1.90 bits per heavy atom. The summed E-state index contributed by atoms with van der Waals surface area (Å²) in [6.07, 6.45) is 1.46. The van der Waals surface area contributed by atoms with Crippen LogP contribution < -0.4 is 0 Å². The molecule has 20 heavy (non-hydrogen) atoms. The van der Waals surface area contributed by atoms with E-state index in [1.807, 2.05) is 48.5 Å². The average Bonchev–Trinajstić information content (AvgIpc) is 2.47. The summed E-state index contributed by atoms with van der Waals surface area (Å²) in [5.41, 5.74) is 2.44. The molecule has 0 saturated heterocycles. The van der Waals surface area contributed by atoms with Gasteiger partial charge >= 0.3 is 0 Å². The van der Waals surface area contributed by atoms with Gasteiger partial charge in [0.05, 0.1) is 11.2 Å². The predicted molar refractivity (Wildman–Crippen MR) is 82.3 cm³/mol. The molecule has 0 aliphatic carbocycles. The molecule has 4 heteroatoms. The maximum absolute atomic E-state index is 10.3. The maximum atomic E-state index is 10.3. The summed E-state index contributed by atoms with van der Waals surface area (Å²) in [7, 11) is 0. The van der Waals surface area contributed by atoms with E-state index in [2.05, 4.69) is 25.9 Å². The highest BCUT2D eigenvalue weighted by Gasteiger charge is 2.14. The van der Waals surface area contributed by atoms with Crippen LogP contribution in [0, 0.1) is 0 Å². The lowest BCUT2D eigenvalue weighted by molar-refractivity contribution is 0.171. The normalized spacial score (nSPS) is 12.5. The third-order valence-electron chi connectivity index (χ3n) is 3.16. The van der Waals surface area contributed by atoms with Crippen LogP contribution in [0.5, 0.6) is 0 Å². The van der Waals surface area contributed by atoms with Gasteiger partial charge in [0.1, 0.15) is 6.10 Å². The highest BCUT2D eigenvalue weighted by atomic mass is 79.9. The number of para-hydroxylation sites is 1. The lowest BCUT2D eigenvalue weighted by Gasteiger charge is -2.11. The zero-order valence-electron chi connectivity index (χ0n) is 10.7. The first kappa shape index (κ1) is 13.2. The molecule has 0 spiro atoms. The number of nitrogens with zero attached hydrogens (tertiary/aromatic N) is 2. The fraction of sp³-hybridized carbons (Fsp3) is 0.125. The van der Waals surface area contributed by atoms with Crippen LogP contribution >= 0.6 is 15.9 Å². The van der Waals surface area contributed by atoms with Crippen molar-refractivity contribution in [3.05, 3.63) is 70.6 Å². The van der Waals surface area contributed by atoms with E-state index in [9.17, 15) is 5.11 Å². The number of pyridine rings is 2. The summed E-state index contributed by atoms with van der Waals surface area (Å²) < 4.78 is 0.813. The zero-order chi connectivity index (χ0) is 13.9. The molecule has 0 fully saturated rings. The van der Waals surface area contributed by atoms with Gasteiger partial charge in [0.15, 0.2) is 0 Å². The van der Waals surface area contributed by atoms with E-state index in [1.165, 1.54) is 0 Å². The van der Waals surface area contributed by atoms with E-state index >= 15 is 0 Å².